The molecular formula is C68H108O6. The first-order valence-electron chi connectivity index (χ1n) is 29.8. The summed E-state index contributed by atoms with van der Waals surface area (Å²) in [6.45, 7) is 6.32. The van der Waals surface area contributed by atoms with Gasteiger partial charge in [0.15, 0.2) is 6.10 Å². The molecule has 416 valence electrons. The molecule has 0 aromatic heterocycles. The van der Waals surface area contributed by atoms with Crippen LogP contribution in [0.4, 0.5) is 0 Å². The topological polar surface area (TPSA) is 78.9 Å². The molecule has 0 aliphatic carbocycles. The maximum atomic E-state index is 12.9. The predicted octanol–water partition coefficient (Wildman–Crippen LogP) is 20.4. The smallest absolute Gasteiger partial charge is 0.306 e. The van der Waals surface area contributed by atoms with Crippen LogP contribution in [-0.2, 0) is 28.6 Å². The summed E-state index contributed by atoms with van der Waals surface area (Å²) in [6, 6.07) is 0. The van der Waals surface area contributed by atoms with Gasteiger partial charge in [-0.15, -0.1) is 0 Å². The molecule has 0 spiro atoms. The van der Waals surface area contributed by atoms with E-state index in [1.165, 1.54) is 44.9 Å². The van der Waals surface area contributed by atoms with Crippen LogP contribution in [0.25, 0.3) is 0 Å². The van der Waals surface area contributed by atoms with Crippen LogP contribution in [0.15, 0.2) is 146 Å². The zero-order chi connectivity index (χ0) is 53.6. The molecule has 0 aliphatic heterocycles. The van der Waals surface area contributed by atoms with E-state index in [1.807, 2.05) is 0 Å². The minimum absolute atomic E-state index is 0.111. The number of hydrogen-bond donors (Lipinski definition) is 0. The summed E-state index contributed by atoms with van der Waals surface area (Å²) in [4.78, 5) is 38.2. The molecule has 0 saturated heterocycles. The fourth-order valence-corrected chi connectivity index (χ4v) is 7.64. The van der Waals surface area contributed by atoms with Crippen LogP contribution in [0.3, 0.4) is 0 Å². The van der Waals surface area contributed by atoms with Crippen LogP contribution in [0.2, 0.25) is 0 Å². The quantitative estimate of drug-likeness (QED) is 0.0261. The lowest BCUT2D eigenvalue weighted by Gasteiger charge is -2.18. The summed E-state index contributed by atoms with van der Waals surface area (Å²) < 4.78 is 16.8. The van der Waals surface area contributed by atoms with Gasteiger partial charge in [-0.1, -0.05) is 231 Å². The minimum Gasteiger partial charge on any atom is -0.462 e. The summed E-state index contributed by atoms with van der Waals surface area (Å²) in [7, 11) is 0. The van der Waals surface area contributed by atoms with Gasteiger partial charge in [0.05, 0.1) is 0 Å². The number of esters is 3. The number of ether oxygens (including phenoxy) is 3. The lowest BCUT2D eigenvalue weighted by molar-refractivity contribution is -0.167. The van der Waals surface area contributed by atoms with Crippen LogP contribution in [0.1, 0.15) is 245 Å². The van der Waals surface area contributed by atoms with E-state index >= 15 is 0 Å². The maximum absolute atomic E-state index is 12.9. The highest BCUT2D eigenvalue weighted by atomic mass is 16.6. The Balaban J connectivity index is 4.47. The van der Waals surface area contributed by atoms with Gasteiger partial charge in [0, 0.05) is 19.3 Å². The maximum Gasteiger partial charge on any atom is 0.306 e. The molecule has 0 N–H and O–H groups in total. The van der Waals surface area contributed by atoms with Crippen molar-refractivity contribution in [3.05, 3.63) is 146 Å². The third kappa shape index (κ3) is 58.2. The van der Waals surface area contributed by atoms with Crippen molar-refractivity contribution in [3.8, 4) is 0 Å². The highest BCUT2D eigenvalue weighted by molar-refractivity contribution is 5.71. The first-order valence-corrected chi connectivity index (χ1v) is 29.8. The number of carbonyl (C=O) groups excluding carboxylic acids is 3. The molecule has 0 heterocycles. The van der Waals surface area contributed by atoms with Crippen LogP contribution in [-0.4, -0.2) is 37.2 Å². The molecule has 0 bridgehead atoms. The molecule has 0 amide bonds. The van der Waals surface area contributed by atoms with E-state index in [2.05, 4.69) is 167 Å². The number of unbranched alkanes of at least 4 members (excludes halogenated alkanes) is 17. The van der Waals surface area contributed by atoms with Crippen molar-refractivity contribution in [2.45, 2.75) is 252 Å². The van der Waals surface area contributed by atoms with Crippen LogP contribution in [0, 0.1) is 0 Å². The van der Waals surface area contributed by atoms with Crippen molar-refractivity contribution in [1.29, 1.82) is 0 Å². The molecule has 0 aliphatic rings. The zero-order valence-corrected chi connectivity index (χ0v) is 47.5. The Labute approximate surface area is 455 Å². The molecule has 74 heavy (non-hydrogen) atoms. The Morgan fingerprint density at radius 2 is 0.527 bits per heavy atom. The first-order chi connectivity index (χ1) is 36.5. The Kier molecular flexibility index (Phi) is 57.0. The van der Waals surface area contributed by atoms with Crippen molar-refractivity contribution in [3.63, 3.8) is 0 Å². The highest BCUT2D eigenvalue weighted by Crippen LogP contribution is 2.13. The van der Waals surface area contributed by atoms with Gasteiger partial charge in [-0.3, -0.25) is 14.4 Å². The number of carbonyl (C=O) groups is 3. The molecule has 6 heteroatoms. The fraction of sp³-hybridized carbons (Fsp3) is 0.603. The number of hydrogen-bond acceptors (Lipinski definition) is 6. The minimum atomic E-state index is -0.816. The molecule has 0 radical (unpaired) electrons. The fourth-order valence-electron chi connectivity index (χ4n) is 7.64. The Morgan fingerprint density at radius 3 is 0.851 bits per heavy atom. The predicted molar refractivity (Wildman–Crippen MR) is 320 cm³/mol. The average molecular weight is 1020 g/mol. The van der Waals surface area contributed by atoms with Gasteiger partial charge in [-0.05, 0) is 141 Å². The van der Waals surface area contributed by atoms with Gasteiger partial charge >= 0.3 is 17.9 Å². The van der Waals surface area contributed by atoms with Crippen molar-refractivity contribution >= 4 is 17.9 Å². The van der Waals surface area contributed by atoms with Gasteiger partial charge in [-0.25, -0.2) is 0 Å². The summed E-state index contributed by atoms with van der Waals surface area (Å²) in [6.07, 6.45) is 87.0. The van der Waals surface area contributed by atoms with Gasteiger partial charge in [0.25, 0.3) is 0 Å². The van der Waals surface area contributed by atoms with E-state index in [4.69, 9.17) is 14.2 Å². The highest BCUT2D eigenvalue weighted by Gasteiger charge is 2.19. The largest absolute Gasteiger partial charge is 0.462 e. The number of rotatable bonds is 52. The van der Waals surface area contributed by atoms with E-state index in [-0.39, 0.29) is 31.1 Å². The lowest BCUT2D eigenvalue weighted by atomic mass is 10.1. The average Bonchev–Trinajstić information content (AvgIpc) is 3.40. The zero-order valence-electron chi connectivity index (χ0n) is 47.5. The van der Waals surface area contributed by atoms with E-state index in [0.29, 0.717) is 25.7 Å². The van der Waals surface area contributed by atoms with E-state index < -0.39 is 6.10 Å². The molecule has 0 aromatic carbocycles. The van der Waals surface area contributed by atoms with E-state index in [0.717, 1.165) is 154 Å². The molecule has 6 nitrogen and oxygen atoms in total. The van der Waals surface area contributed by atoms with Crippen molar-refractivity contribution in [2.75, 3.05) is 13.2 Å². The third-order valence-corrected chi connectivity index (χ3v) is 12.1. The van der Waals surface area contributed by atoms with Gasteiger partial charge in [0.1, 0.15) is 13.2 Å². The van der Waals surface area contributed by atoms with Gasteiger partial charge in [0.2, 0.25) is 0 Å². The molecule has 0 aromatic rings. The third-order valence-electron chi connectivity index (χ3n) is 12.1. The second-order valence-corrected chi connectivity index (χ2v) is 19.1. The SMILES string of the molecule is CC/C=C\C/C=C\C/C=C\C/C=C\C/C=C\C/C=C\CCCCCCCCC(=O)OCC(COC(=O)CCCC/C=C\C/C=C\C/C=C\C/C=C\CC)OC(=O)CCCCCCC/C=C\C/C=C\CCCCCC. The summed E-state index contributed by atoms with van der Waals surface area (Å²) in [5.74, 6) is -0.985. The Bertz CT molecular complexity index is 1640. The van der Waals surface area contributed by atoms with Crippen LogP contribution >= 0.6 is 0 Å². The van der Waals surface area contributed by atoms with Crippen molar-refractivity contribution < 1.29 is 28.6 Å². The monoisotopic (exact) mass is 1020 g/mol. The summed E-state index contributed by atoms with van der Waals surface area (Å²) >= 11 is 0. The molecule has 1 unspecified atom stereocenters. The lowest BCUT2D eigenvalue weighted by Crippen LogP contribution is -2.30. The number of allylic oxidation sites excluding steroid dienone is 24. The summed E-state index contributed by atoms with van der Waals surface area (Å²) in [5.41, 5.74) is 0. The normalized spacial score (nSPS) is 13.2. The van der Waals surface area contributed by atoms with Crippen molar-refractivity contribution in [2.24, 2.45) is 0 Å². The van der Waals surface area contributed by atoms with E-state index in [1.54, 1.807) is 0 Å². The van der Waals surface area contributed by atoms with Gasteiger partial charge in [-0.2, -0.15) is 0 Å². The molecule has 0 fully saturated rings. The van der Waals surface area contributed by atoms with Crippen LogP contribution < -0.4 is 0 Å². The molecule has 1 atom stereocenters. The second-order valence-electron chi connectivity index (χ2n) is 19.1. The van der Waals surface area contributed by atoms with Crippen LogP contribution in [0.5, 0.6) is 0 Å². The van der Waals surface area contributed by atoms with Gasteiger partial charge < -0.3 is 14.2 Å². The Morgan fingerprint density at radius 1 is 0.284 bits per heavy atom. The Hall–Kier alpha value is -4.71. The molecule has 0 rings (SSSR count). The second kappa shape index (κ2) is 60.8. The van der Waals surface area contributed by atoms with Crippen molar-refractivity contribution in [1.82, 2.24) is 0 Å². The molecule has 0 saturated carbocycles. The first kappa shape index (κ1) is 69.3. The molecular weight excluding hydrogens is 913 g/mol. The summed E-state index contributed by atoms with van der Waals surface area (Å²) in [5, 5.41) is 0. The standard InChI is InChI=1S/C68H108O6/c1-4-7-10-13-16-19-22-25-28-30-31-32-33-34-35-36-37-38-41-43-46-49-52-55-58-61-67(70)73-64-65(63-72-66(69)60-57-54-51-48-45-42-39-27-24-21-18-15-12-9-6-3)74-68(71)62-59-56-53-50-47-44-40-29-26-23-20-17-14-11-8-5-2/h7,9-10,12,16,18-21,23,25,27-29,31-32,34-35,37-40,45,48,65H,4-6,8,11,13-15,17,22,24,26,30,33,36,41-44,46-47,49-64H2,1-3H3/b10-7-,12-9-,19-16-,21-18-,23-20-,28-25-,32-31-,35-34-,38-37-,39-27-,40-29-,48-45-. The van der Waals surface area contributed by atoms with E-state index in [9.17, 15) is 14.4 Å².